The van der Waals surface area contributed by atoms with Crippen LogP contribution >= 0.6 is 24.0 Å². The van der Waals surface area contributed by atoms with Gasteiger partial charge in [0.2, 0.25) is 5.91 Å². The number of halogens is 1. The first kappa shape index (κ1) is 24.4. The van der Waals surface area contributed by atoms with Gasteiger partial charge in [-0.1, -0.05) is 13.8 Å². The summed E-state index contributed by atoms with van der Waals surface area (Å²) in [6.45, 7) is 9.15. The molecule has 0 atom stereocenters. The minimum atomic E-state index is 0. The van der Waals surface area contributed by atoms with E-state index in [2.05, 4.69) is 20.9 Å². The lowest BCUT2D eigenvalue weighted by atomic mass is 10.0. The molecular weight excluding hydrogens is 435 g/mol. The Kier molecular flexibility index (Phi) is 15.2. The standard InChI is InChI=1S/C17H34N4O3.HI/c1-14(2)16(22)19-8-9-21-17(18-3)20-7-4-10-24-13-15-5-11-23-12-6-15;/h14-15H,4-13H2,1-3H3,(H,19,22)(H2,18,20,21);1H. The summed E-state index contributed by atoms with van der Waals surface area (Å²) >= 11 is 0. The molecule has 0 unspecified atom stereocenters. The molecule has 0 aromatic rings. The fourth-order valence-electron chi connectivity index (χ4n) is 2.34. The van der Waals surface area contributed by atoms with E-state index in [1.807, 2.05) is 13.8 Å². The smallest absolute Gasteiger partial charge is 0.222 e. The van der Waals surface area contributed by atoms with Crippen molar-refractivity contribution in [3.8, 4) is 0 Å². The molecule has 0 radical (unpaired) electrons. The molecule has 0 aromatic carbocycles. The number of ether oxygens (including phenoxy) is 2. The maximum absolute atomic E-state index is 11.4. The quantitative estimate of drug-likeness (QED) is 0.195. The first-order valence-electron chi connectivity index (χ1n) is 9.01. The average Bonchev–Trinajstić information content (AvgIpc) is 2.60. The third-order valence-corrected chi connectivity index (χ3v) is 3.92. The molecule has 0 aliphatic carbocycles. The van der Waals surface area contributed by atoms with E-state index in [0.29, 0.717) is 19.0 Å². The van der Waals surface area contributed by atoms with Crippen molar-refractivity contribution < 1.29 is 14.3 Å². The van der Waals surface area contributed by atoms with Crippen molar-refractivity contribution in [1.29, 1.82) is 0 Å². The maximum atomic E-state index is 11.4. The lowest BCUT2D eigenvalue weighted by Gasteiger charge is -2.21. The zero-order valence-corrected chi connectivity index (χ0v) is 18.1. The Hall–Kier alpha value is -0.610. The predicted molar refractivity (Wildman–Crippen MR) is 112 cm³/mol. The highest BCUT2D eigenvalue weighted by molar-refractivity contribution is 14.0. The van der Waals surface area contributed by atoms with Crippen molar-refractivity contribution in [3.05, 3.63) is 0 Å². The summed E-state index contributed by atoms with van der Waals surface area (Å²) in [4.78, 5) is 15.6. The highest BCUT2D eigenvalue weighted by Gasteiger charge is 2.13. The van der Waals surface area contributed by atoms with Crippen molar-refractivity contribution in [3.63, 3.8) is 0 Å². The molecule has 1 saturated heterocycles. The van der Waals surface area contributed by atoms with Crippen molar-refractivity contribution >= 4 is 35.8 Å². The van der Waals surface area contributed by atoms with E-state index in [-0.39, 0.29) is 35.8 Å². The second-order valence-electron chi connectivity index (χ2n) is 6.36. The van der Waals surface area contributed by atoms with Gasteiger partial charge in [0, 0.05) is 59.0 Å². The van der Waals surface area contributed by atoms with Crippen LogP contribution in [0.3, 0.4) is 0 Å². The van der Waals surface area contributed by atoms with Crippen molar-refractivity contribution in [2.75, 3.05) is 53.1 Å². The summed E-state index contributed by atoms with van der Waals surface area (Å²) < 4.78 is 11.1. The molecule has 0 spiro atoms. The monoisotopic (exact) mass is 470 g/mol. The van der Waals surface area contributed by atoms with E-state index in [0.717, 1.165) is 58.2 Å². The number of carbonyl (C=O) groups is 1. The Morgan fingerprint density at radius 3 is 2.44 bits per heavy atom. The lowest BCUT2D eigenvalue weighted by molar-refractivity contribution is -0.123. The van der Waals surface area contributed by atoms with E-state index in [9.17, 15) is 4.79 Å². The molecule has 1 heterocycles. The predicted octanol–water partition coefficient (Wildman–Crippen LogP) is 1.37. The Bertz CT molecular complexity index is 375. The molecule has 7 nitrogen and oxygen atoms in total. The number of hydrogen-bond donors (Lipinski definition) is 3. The molecule has 148 valence electrons. The second kappa shape index (κ2) is 15.6. The fraction of sp³-hybridized carbons (Fsp3) is 0.882. The summed E-state index contributed by atoms with van der Waals surface area (Å²) in [6.07, 6.45) is 3.17. The van der Waals surface area contributed by atoms with Crippen LogP contribution in [-0.2, 0) is 14.3 Å². The molecule has 1 aliphatic rings. The molecule has 0 saturated carbocycles. The van der Waals surface area contributed by atoms with E-state index in [4.69, 9.17) is 9.47 Å². The number of aliphatic imine (C=N–C) groups is 1. The Balaban J connectivity index is 0.00000576. The SMILES string of the molecule is CN=C(NCCCOCC1CCOCC1)NCCNC(=O)C(C)C.I. The molecule has 25 heavy (non-hydrogen) atoms. The molecule has 1 fully saturated rings. The number of hydrogen-bond acceptors (Lipinski definition) is 4. The number of amides is 1. The van der Waals surface area contributed by atoms with Gasteiger partial charge in [-0.25, -0.2) is 0 Å². The minimum Gasteiger partial charge on any atom is -0.381 e. The first-order valence-corrected chi connectivity index (χ1v) is 9.01. The summed E-state index contributed by atoms with van der Waals surface area (Å²) in [5.74, 6) is 1.49. The molecule has 3 N–H and O–H groups in total. The lowest BCUT2D eigenvalue weighted by Crippen LogP contribution is -2.42. The van der Waals surface area contributed by atoms with Gasteiger partial charge in [0.15, 0.2) is 5.96 Å². The highest BCUT2D eigenvalue weighted by atomic mass is 127. The van der Waals surface area contributed by atoms with Gasteiger partial charge in [-0.15, -0.1) is 24.0 Å². The molecule has 1 amide bonds. The van der Waals surface area contributed by atoms with E-state index < -0.39 is 0 Å². The van der Waals surface area contributed by atoms with E-state index in [1.54, 1.807) is 7.05 Å². The second-order valence-corrected chi connectivity index (χ2v) is 6.36. The van der Waals surface area contributed by atoms with Crippen molar-refractivity contribution in [2.45, 2.75) is 33.1 Å². The van der Waals surface area contributed by atoms with Crippen molar-refractivity contribution in [1.82, 2.24) is 16.0 Å². The molecular formula is C17H35IN4O3. The largest absolute Gasteiger partial charge is 0.381 e. The zero-order chi connectivity index (χ0) is 17.6. The third-order valence-electron chi connectivity index (χ3n) is 3.92. The molecule has 8 heteroatoms. The highest BCUT2D eigenvalue weighted by Crippen LogP contribution is 2.14. The van der Waals surface area contributed by atoms with Crippen LogP contribution in [0.4, 0.5) is 0 Å². The third kappa shape index (κ3) is 12.4. The summed E-state index contributed by atoms with van der Waals surface area (Å²) in [7, 11) is 1.74. The minimum absolute atomic E-state index is 0. The van der Waals surface area contributed by atoms with Crippen LogP contribution in [0.2, 0.25) is 0 Å². The maximum Gasteiger partial charge on any atom is 0.222 e. The Labute approximate surface area is 169 Å². The molecule has 0 bridgehead atoms. The van der Waals surface area contributed by atoms with Gasteiger partial charge in [-0.2, -0.15) is 0 Å². The van der Waals surface area contributed by atoms with E-state index in [1.165, 1.54) is 0 Å². The van der Waals surface area contributed by atoms with E-state index >= 15 is 0 Å². The summed E-state index contributed by atoms with van der Waals surface area (Å²) in [5, 5.41) is 9.28. The zero-order valence-electron chi connectivity index (χ0n) is 15.8. The summed E-state index contributed by atoms with van der Waals surface area (Å²) in [5.41, 5.74) is 0. The molecule has 1 rings (SSSR count). The van der Waals surface area contributed by atoms with Crippen LogP contribution < -0.4 is 16.0 Å². The number of rotatable bonds is 10. The van der Waals surface area contributed by atoms with Crippen LogP contribution in [0.25, 0.3) is 0 Å². The van der Waals surface area contributed by atoms with Crippen LogP contribution in [0.15, 0.2) is 4.99 Å². The van der Waals surface area contributed by atoms with Gasteiger partial charge in [-0.05, 0) is 25.2 Å². The number of nitrogens with zero attached hydrogens (tertiary/aromatic N) is 1. The van der Waals surface area contributed by atoms with Crippen molar-refractivity contribution in [2.24, 2.45) is 16.8 Å². The Morgan fingerprint density at radius 2 is 1.80 bits per heavy atom. The number of carbonyl (C=O) groups excluding carboxylic acids is 1. The van der Waals surface area contributed by atoms with Gasteiger partial charge >= 0.3 is 0 Å². The van der Waals surface area contributed by atoms with Gasteiger partial charge in [0.25, 0.3) is 0 Å². The van der Waals surface area contributed by atoms with Crippen LogP contribution in [0, 0.1) is 11.8 Å². The number of guanidine groups is 1. The summed E-state index contributed by atoms with van der Waals surface area (Å²) in [6, 6.07) is 0. The topological polar surface area (TPSA) is 84.0 Å². The molecule has 1 aliphatic heterocycles. The van der Waals surface area contributed by atoms with Gasteiger partial charge in [0.05, 0.1) is 0 Å². The Morgan fingerprint density at radius 1 is 1.16 bits per heavy atom. The first-order chi connectivity index (χ1) is 11.6. The molecule has 0 aromatic heterocycles. The average molecular weight is 470 g/mol. The van der Waals surface area contributed by atoms with Gasteiger partial charge in [0.1, 0.15) is 0 Å². The van der Waals surface area contributed by atoms with Gasteiger partial charge in [-0.3, -0.25) is 9.79 Å². The van der Waals surface area contributed by atoms with Crippen LogP contribution in [0.1, 0.15) is 33.1 Å². The fourth-order valence-corrected chi connectivity index (χ4v) is 2.34. The van der Waals surface area contributed by atoms with Crippen LogP contribution in [0.5, 0.6) is 0 Å². The number of nitrogens with one attached hydrogen (secondary N) is 3. The normalized spacial score (nSPS) is 15.6. The van der Waals surface area contributed by atoms with Crippen LogP contribution in [-0.4, -0.2) is 65.0 Å². The van der Waals surface area contributed by atoms with Gasteiger partial charge < -0.3 is 25.4 Å².